The summed E-state index contributed by atoms with van der Waals surface area (Å²) in [6.07, 6.45) is 7.41. The monoisotopic (exact) mass is 181 g/mol. The topological polar surface area (TPSA) is 29.1 Å². The van der Waals surface area contributed by atoms with E-state index in [1.165, 1.54) is 32.1 Å². The normalized spacial score (nSPS) is 32.0. The van der Waals surface area contributed by atoms with Crippen molar-refractivity contribution in [2.24, 2.45) is 11.8 Å². The average molecular weight is 181 g/mol. The van der Waals surface area contributed by atoms with E-state index in [1.807, 2.05) is 0 Å². The molecule has 0 aromatic heterocycles. The molecule has 1 aliphatic carbocycles. The van der Waals surface area contributed by atoms with Gasteiger partial charge < -0.3 is 5.32 Å². The minimum atomic E-state index is 0.356. The summed E-state index contributed by atoms with van der Waals surface area (Å²) in [5, 5.41) is 3.34. The number of carbonyl (C=O) groups is 1. The zero-order chi connectivity index (χ0) is 9.10. The molecule has 1 unspecified atom stereocenters. The van der Waals surface area contributed by atoms with Gasteiger partial charge >= 0.3 is 0 Å². The van der Waals surface area contributed by atoms with Gasteiger partial charge in [-0.15, -0.1) is 0 Å². The fraction of sp³-hybridized carbons (Fsp3) is 0.909. The number of hydrogen-bond acceptors (Lipinski definition) is 2. The molecule has 2 nitrogen and oxygen atoms in total. The van der Waals surface area contributed by atoms with Crippen molar-refractivity contribution in [2.45, 2.75) is 38.5 Å². The molecule has 1 aliphatic heterocycles. The Morgan fingerprint density at radius 2 is 1.92 bits per heavy atom. The lowest BCUT2D eigenvalue weighted by Gasteiger charge is -2.32. The van der Waals surface area contributed by atoms with Crippen molar-refractivity contribution in [2.75, 3.05) is 13.1 Å². The molecule has 2 aliphatic rings. The summed E-state index contributed by atoms with van der Waals surface area (Å²) in [6.45, 7) is 1.85. The smallest absolute Gasteiger partial charge is 0.138 e. The van der Waals surface area contributed by atoms with Crippen molar-refractivity contribution in [3.63, 3.8) is 0 Å². The fourth-order valence-electron chi connectivity index (χ4n) is 2.73. The van der Waals surface area contributed by atoms with Crippen LogP contribution >= 0.6 is 0 Å². The Balaban J connectivity index is 1.92. The highest BCUT2D eigenvalue weighted by molar-refractivity contribution is 5.82. The third kappa shape index (κ3) is 2.11. The highest BCUT2D eigenvalue weighted by Crippen LogP contribution is 2.31. The second-order valence-electron chi connectivity index (χ2n) is 4.43. The second-order valence-corrected chi connectivity index (χ2v) is 4.43. The number of carbonyl (C=O) groups excluding carboxylic acids is 1. The number of nitrogens with one attached hydrogen (secondary N) is 1. The van der Waals surface area contributed by atoms with Crippen LogP contribution in [0.1, 0.15) is 38.5 Å². The van der Waals surface area contributed by atoms with Gasteiger partial charge in [0, 0.05) is 25.4 Å². The minimum absolute atomic E-state index is 0.356. The van der Waals surface area contributed by atoms with Crippen LogP contribution in [0.15, 0.2) is 0 Å². The maximum Gasteiger partial charge on any atom is 0.138 e. The molecule has 0 radical (unpaired) electrons. The van der Waals surface area contributed by atoms with Gasteiger partial charge in [-0.25, -0.2) is 0 Å². The van der Waals surface area contributed by atoms with Gasteiger partial charge in [-0.05, 0) is 18.8 Å². The van der Waals surface area contributed by atoms with Gasteiger partial charge in [0.25, 0.3) is 0 Å². The van der Waals surface area contributed by atoms with Crippen LogP contribution in [0.5, 0.6) is 0 Å². The van der Waals surface area contributed by atoms with Crippen LogP contribution in [0.25, 0.3) is 0 Å². The van der Waals surface area contributed by atoms with Gasteiger partial charge in [-0.2, -0.15) is 0 Å². The third-order valence-corrected chi connectivity index (χ3v) is 3.54. The van der Waals surface area contributed by atoms with E-state index >= 15 is 0 Å². The van der Waals surface area contributed by atoms with E-state index < -0.39 is 0 Å². The van der Waals surface area contributed by atoms with Crippen molar-refractivity contribution in [1.29, 1.82) is 0 Å². The summed E-state index contributed by atoms with van der Waals surface area (Å²) in [7, 11) is 0. The molecule has 2 fully saturated rings. The lowest BCUT2D eigenvalue weighted by molar-refractivity contribution is -0.126. The number of Topliss-reactive ketones (excluding diaryl/α,β-unsaturated/α-hetero) is 1. The molecule has 2 heteroatoms. The molecule has 0 aromatic carbocycles. The van der Waals surface area contributed by atoms with Gasteiger partial charge in [0.2, 0.25) is 0 Å². The summed E-state index contributed by atoms with van der Waals surface area (Å²) < 4.78 is 0. The van der Waals surface area contributed by atoms with Gasteiger partial charge in [-0.3, -0.25) is 4.79 Å². The Morgan fingerprint density at radius 1 is 1.15 bits per heavy atom. The molecule has 1 saturated carbocycles. The van der Waals surface area contributed by atoms with Gasteiger partial charge in [0.1, 0.15) is 5.78 Å². The lowest BCUT2D eigenvalue weighted by Crippen LogP contribution is -2.41. The van der Waals surface area contributed by atoms with Gasteiger partial charge in [0.15, 0.2) is 0 Å². The van der Waals surface area contributed by atoms with Crippen molar-refractivity contribution >= 4 is 5.78 Å². The summed E-state index contributed by atoms with van der Waals surface area (Å²) in [5.41, 5.74) is 0. The zero-order valence-electron chi connectivity index (χ0n) is 8.22. The standard InChI is InChI=1S/C11H19NO/c13-11-6-7-12-8-10(11)9-4-2-1-3-5-9/h9-10,12H,1-8H2. The first-order chi connectivity index (χ1) is 6.38. The highest BCUT2D eigenvalue weighted by atomic mass is 16.1. The van der Waals surface area contributed by atoms with Crippen LogP contribution in [0.3, 0.4) is 0 Å². The molecular formula is C11H19NO. The third-order valence-electron chi connectivity index (χ3n) is 3.54. The van der Waals surface area contributed by atoms with Gasteiger partial charge in [0.05, 0.1) is 0 Å². The molecule has 74 valence electrons. The zero-order valence-corrected chi connectivity index (χ0v) is 8.22. The summed E-state index contributed by atoms with van der Waals surface area (Å²) in [4.78, 5) is 11.7. The predicted octanol–water partition coefficient (Wildman–Crippen LogP) is 1.75. The molecule has 1 N–H and O–H groups in total. The number of ketones is 1. The van der Waals surface area contributed by atoms with E-state index in [-0.39, 0.29) is 0 Å². The molecule has 0 aromatic rings. The quantitative estimate of drug-likeness (QED) is 0.667. The molecular weight excluding hydrogens is 162 g/mol. The van der Waals surface area contributed by atoms with E-state index in [2.05, 4.69) is 5.32 Å². The Labute approximate surface area is 80.1 Å². The van der Waals surface area contributed by atoms with Crippen LogP contribution < -0.4 is 5.32 Å². The summed E-state index contributed by atoms with van der Waals surface area (Å²) in [6, 6.07) is 0. The predicted molar refractivity (Wildman–Crippen MR) is 52.6 cm³/mol. The molecule has 2 rings (SSSR count). The molecule has 0 bridgehead atoms. The van der Waals surface area contributed by atoms with Crippen LogP contribution in [-0.4, -0.2) is 18.9 Å². The van der Waals surface area contributed by atoms with Crippen LogP contribution in [0.4, 0.5) is 0 Å². The Bertz CT molecular complexity index is 185. The molecule has 1 heterocycles. The molecule has 13 heavy (non-hydrogen) atoms. The van der Waals surface area contributed by atoms with E-state index in [9.17, 15) is 4.79 Å². The Morgan fingerprint density at radius 3 is 2.62 bits per heavy atom. The molecule has 0 amide bonds. The van der Waals surface area contributed by atoms with Crippen molar-refractivity contribution in [3.8, 4) is 0 Å². The van der Waals surface area contributed by atoms with E-state index in [0.29, 0.717) is 17.6 Å². The fourth-order valence-corrected chi connectivity index (χ4v) is 2.73. The van der Waals surface area contributed by atoms with E-state index in [1.54, 1.807) is 0 Å². The number of rotatable bonds is 1. The van der Waals surface area contributed by atoms with Gasteiger partial charge in [-0.1, -0.05) is 19.3 Å². The van der Waals surface area contributed by atoms with Crippen molar-refractivity contribution < 1.29 is 4.79 Å². The van der Waals surface area contributed by atoms with Crippen molar-refractivity contribution in [1.82, 2.24) is 5.32 Å². The maximum atomic E-state index is 11.7. The average Bonchev–Trinajstić information content (AvgIpc) is 2.20. The van der Waals surface area contributed by atoms with Crippen LogP contribution in [0.2, 0.25) is 0 Å². The first kappa shape index (κ1) is 9.20. The van der Waals surface area contributed by atoms with E-state index in [4.69, 9.17) is 0 Å². The second kappa shape index (κ2) is 4.23. The molecule has 0 spiro atoms. The largest absolute Gasteiger partial charge is 0.316 e. The van der Waals surface area contributed by atoms with Crippen LogP contribution in [0, 0.1) is 11.8 Å². The first-order valence-corrected chi connectivity index (χ1v) is 5.61. The Kier molecular flexibility index (Phi) is 2.99. The summed E-state index contributed by atoms with van der Waals surface area (Å²) >= 11 is 0. The minimum Gasteiger partial charge on any atom is -0.316 e. The summed E-state index contributed by atoms with van der Waals surface area (Å²) in [5.74, 6) is 1.58. The van der Waals surface area contributed by atoms with E-state index in [0.717, 1.165) is 19.5 Å². The number of hydrogen-bond donors (Lipinski definition) is 1. The first-order valence-electron chi connectivity index (χ1n) is 5.61. The van der Waals surface area contributed by atoms with Crippen molar-refractivity contribution in [3.05, 3.63) is 0 Å². The number of piperidine rings is 1. The van der Waals surface area contributed by atoms with Crippen LogP contribution in [-0.2, 0) is 4.79 Å². The molecule has 1 saturated heterocycles. The SMILES string of the molecule is O=C1CCNCC1C1CCCCC1. The lowest BCUT2D eigenvalue weighted by atomic mass is 9.76. The Hall–Kier alpha value is -0.370. The molecule has 1 atom stereocenters. The maximum absolute atomic E-state index is 11.7. The highest BCUT2D eigenvalue weighted by Gasteiger charge is 2.30.